The van der Waals surface area contributed by atoms with Crippen LogP contribution in [0.4, 0.5) is 10.1 Å². The first kappa shape index (κ1) is 20.1. The number of aromatic nitrogens is 5. The highest BCUT2D eigenvalue weighted by Crippen LogP contribution is 2.31. The maximum absolute atomic E-state index is 14.2. The zero-order valence-electron chi connectivity index (χ0n) is 16.8. The number of fused-ring (bicyclic) bond motifs is 1. The average Bonchev–Trinajstić information content (AvgIpc) is 3.44. The molecular formula is C23H16BrFN6O. The molecular weight excluding hydrogens is 475 g/mol. The van der Waals surface area contributed by atoms with Gasteiger partial charge in [0.05, 0.1) is 5.69 Å². The fourth-order valence-corrected chi connectivity index (χ4v) is 4.05. The molecule has 2 aromatic heterocycles. The highest BCUT2D eigenvalue weighted by Gasteiger charge is 2.18. The van der Waals surface area contributed by atoms with Crippen LogP contribution in [0.1, 0.15) is 10.5 Å². The third kappa shape index (κ3) is 3.56. The molecule has 1 amide bonds. The number of nitrogens with zero attached hydrogens (tertiary/aromatic N) is 4. The quantitative estimate of drug-likeness (QED) is 0.363. The summed E-state index contributed by atoms with van der Waals surface area (Å²) in [4.78, 5) is 13.2. The standard InChI is InChI=1S/C23H16BrFN6O/c1-31-20-10-13(16-4-2-3-5-18(16)25)6-7-14(20)11-21(31)23(32)26-19-9-8-15(24)12-17(19)22-27-29-30-28-22/h2-12H,1H3,(H,26,32)(H,27,28,29,30). The van der Waals surface area contributed by atoms with E-state index in [1.54, 1.807) is 28.8 Å². The molecule has 32 heavy (non-hydrogen) atoms. The molecule has 0 aliphatic carbocycles. The molecule has 0 unspecified atom stereocenters. The summed E-state index contributed by atoms with van der Waals surface area (Å²) in [6, 6.07) is 19.5. The highest BCUT2D eigenvalue weighted by atomic mass is 79.9. The Morgan fingerprint density at radius 2 is 1.91 bits per heavy atom. The second-order valence-electron chi connectivity index (χ2n) is 7.24. The second-order valence-corrected chi connectivity index (χ2v) is 8.15. The topological polar surface area (TPSA) is 88.5 Å². The van der Waals surface area contributed by atoms with Crippen molar-refractivity contribution >= 4 is 38.4 Å². The summed E-state index contributed by atoms with van der Waals surface area (Å²) in [5.41, 5.74) is 3.77. The summed E-state index contributed by atoms with van der Waals surface area (Å²) < 4.78 is 16.9. The van der Waals surface area contributed by atoms with Crippen LogP contribution in [0.2, 0.25) is 0 Å². The van der Waals surface area contributed by atoms with E-state index in [0.29, 0.717) is 28.3 Å². The van der Waals surface area contributed by atoms with Crippen LogP contribution < -0.4 is 5.32 Å². The third-order valence-corrected chi connectivity index (χ3v) is 5.79. The van der Waals surface area contributed by atoms with Gasteiger partial charge in [-0.25, -0.2) is 9.49 Å². The molecule has 0 spiro atoms. The van der Waals surface area contributed by atoms with E-state index in [1.807, 2.05) is 43.4 Å². The molecule has 2 N–H and O–H groups in total. The van der Waals surface area contributed by atoms with Gasteiger partial charge in [0.1, 0.15) is 11.5 Å². The van der Waals surface area contributed by atoms with Crippen LogP contribution in [0.25, 0.3) is 33.4 Å². The van der Waals surface area contributed by atoms with Gasteiger partial charge in [0.15, 0.2) is 5.82 Å². The minimum absolute atomic E-state index is 0.285. The largest absolute Gasteiger partial charge is 0.340 e. The Hall–Kier alpha value is -3.85. The van der Waals surface area contributed by atoms with Gasteiger partial charge in [-0.2, -0.15) is 0 Å². The van der Waals surface area contributed by atoms with Crippen molar-refractivity contribution in [2.24, 2.45) is 7.05 Å². The van der Waals surface area contributed by atoms with E-state index in [4.69, 9.17) is 0 Å². The predicted octanol–water partition coefficient (Wildman–Crippen LogP) is 5.18. The number of amides is 1. The van der Waals surface area contributed by atoms with Gasteiger partial charge in [0, 0.05) is 33.6 Å². The van der Waals surface area contributed by atoms with E-state index < -0.39 is 0 Å². The molecule has 0 atom stereocenters. The second kappa shape index (κ2) is 8.01. The Bertz CT molecular complexity index is 1460. The number of aryl methyl sites for hydroxylation is 1. The zero-order valence-corrected chi connectivity index (χ0v) is 18.4. The molecule has 0 fully saturated rings. The number of benzene rings is 3. The van der Waals surface area contributed by atoms with E-state index in [2.05, 4.69) is 41.9 Å². The third-order valence-electron chi connectivity index (χ3n) is 5.29. The van der Waals surface area contributed by atoms with Gasteiger partial charge >= 0.3 is 0 Å². The van der Waals surface area contributed by atoms with Crippen LogP contribution in [0.15, 0.2) is 71.2 Å². The van der Waals surface area contributed by atoms with Crippen molar-refractivity contribution in [3.8, 4) is 22.5 Å². The van der Waals surface area contributed by atoms with E-state index in [9.17, 15) is 9.18 Å². The summed E-state index contributed by atoms with van der Waals surface area (Å²) in [5, 5.41) is 17.7. The summed E-state index contributed by atoms with van der Waals surface area (Å²) in [6.07, 6.45) is 0. The molecule has 0 saturated heterocycles. The van der Waals surface area contributed by atoms with Gasteiger partial charge < -0.3 is 9.88 Å². The van der Waals surface area contributed by atoms with Crippen molar-refractivity contribution in [3.05, 3.63) is 82.7 Å². The summed E-state index contributed by atoms with van der Waals surface area (Å²) in [5.74, 6) is -0.135. The molecule has 5 rings (SSSR count). The van der Waals surface area contributed by atoms with Crippen LogP contribution >= 0.6 is 15.9 Å². The number of nitrogens with one attached hydrogen (secondary N) is 2. The number of hydrogen-bond donors (Lipinski definition) is 2. The Morgan fingerprint density at radius 3 is 2.69 bits per heavy atom. The van der Waals surface area contributed by atoms with Crippen molar-refractivity contribution in [1.82, 2.24) is 25.2 Å². The highest BCUT2D eigenvalue weighted by molar-refractivity contribution is 9.10. The fourth-order valence-electron chi connectivity index (χ4n) is 3.69. The van der Waals surface area contributed by atoms with Gasteiger partial charge in [-0.15, -0.1) is 5.10 Å². The Labute approximate surface area is 190 Å². The van der Waals surface area contributed by atoms with Crippen LogP contribution in [0, 0.1) is 5.82 Å². The van der Waals surface area contributed by atoms with Crippen molar-refractivity contribution in [1.29, 1.82) is 0 Å². The molecule has 3 aromatic carbocycles. The van der Waals surface area contributed by atoms with E-state index in [1.165, 1.54) is 6.07 Å². The minimum Gasteiger partial charge on any atom is -0.340 e. The number of rotatable bonds is 4. The van der Waals surface area contributed by atoms with Crippen LogP contribution in [-0.2, 0) is 7.05 Å². The number of tetrazole rings is 1. The van der Waals surface area contributed by atoms with Gasteiger partial charge in [-0.1, -0.05) is 46.3 Å². The smallest absolute Gasteiger partial charge is 0.272 e. The summed E-state index contributed by atoms with van der Waals surface area (Å²) in [7, 11) is 1.81. The zero-order chi connectivity index (χ0) is 22.2. The lowest BCUT2D eigenvalue weighted by atomic mass is 10.0. The first-order valence-corrected chi connectivity index (χ1v) is 10.5. The Balaban J connectivity index is 1.51. The number of hydrogen-bond acceptors (Lipinski definition) is 4. The first-order valence-electron chi connectivity index (χ1n) is 9.70. The molecule has 5 aromatic rings. The molecule has 0 radical (unpaired) electrons. The molecule has 0 aliphatic heterocycles. The van der Waals surface area contributed by atoms with E-state index >= 15 is 0 Å². The minimum atomic E-state index is -0.288. The van der Waals surface area contributed by atoms with E-state index in [0.717, 1.165) is 20.9 Å². The summed E-state index contributed by atoms with van der Waals surface area (Å²) >= 11 is 3.43. The maximum atomic E-state index is 14.2. The monoisotopic (exact) mass is 490 g/mol. The van der Waals surface area contributed by atoms with Gasteiger partial charge in [-0.3, -0.25) is 4.79 Å². The van der Waals surface area contributed by atoms with Crippen molar-refractivity contribution in [3.63, 3.8) is 0 Å². The molecule has 7 nitrogen and oxygen atoms in total. The normalized spacial score (nSPS) is 11.1. The van der Waals surface area contributed by atoms with Crippen molar-refractivity contribution in [2.45, 2.75) is 0 Å². The molecule has 0 saturated carbocycles. The Morgan fingerprint density at radius 1 is 1.06 bits per heavy atom. The summed E-state index contributed by atoms with van der Waals surface area (Å²) in [6.45, 7) is 0. The number of carbonyl (C=O) groups is 1. The van der Waals surface area contributed by atoms with Crippen LogP contribution in [0.5, 0.6) is 0 Å². The molecule has 9 heteroatoms. The molecule has 0 bridgehead atoms. The first-order chi connectivity index (χ1) is 15.5. The fraction of sp³-hybridized carbons (Fsp3) is 0.0435. The lowest BCUT2D eigenvalue weighted by Gasteiger charge is -2.10. The van der Waals surface area contributed by atoms with Crippen molar-refractivity contribution < 1.29 is 9.18 Å². The molecule has 0 aliphatic rings. The number of H-pyrrole nitrogens is 1. The Kier molecular flexibility index (Phi) is 5.02. The van der Waals surface area contributed by atoms with Gasteiger partial charge in [0.25, 0.3) is 5.91 Å². The van der Waals surface area contributed by atoms with E-state index in [-0.39, 0.29) is 11.7 Å². The molecule has 2 heterocycles. The number of halogens is 2. The molecule has 158 valence electrons. The van der Waals surface area contributed by atoms with Crippen LogP contribution in [-0.4, -0.2) is 31.1 Å². The predicted molar refractivity (Wildman–Crippen MR) is 124 cm³/mol. The number of aromatic amines is 1. The lowest BCUT2D eigenvalue weighted by molar-refractivity contribution is 0.102. The van der Waals surface area contributed by atoms with Crippen molar-refractivity contribution in [2.75, 3.05) is 5.32 Å². The lowest BCUT2D eigenvalue weighted by Crippen LogP contribution is -2.16. The van der Waals surface area contributed by atoms with Crippen LogP contribution in [0.3, 0.4) is 0 Å². The maximum Gasteiger partial charge on any atom is 0.272 e. The average molecular weight is 491 g/mol. The number of carbonyl (C=O) groups excluding carboxylic acids is 1. The van der Waals surface area contributed by atoms with Gasteiger partial charge in [-0.05, 0) is 52.4 Å². The number of anilines is 1. The van der Waals surface area contributed by atoms with Gasteiger partial charge in [0.2, 0.25) is 0 Å². The SMILES string of the molecule is Cn1c(C(=O)Nc2ccc(Br)cc2-c2nnn[nH]2)cc2ccc(-c3ccccc3F)cc21.